The van der Waals surface area contributed by atoms with E-state index in [0.29, 0.717) is 0 Å². The van der Waals surface area contributed by atoms with Gasteiger partial charge in [0.25, 0.3) is 6.29 Å². The Morgan fingerprint density at radius 1 is 1.18 bits per heavy atom. The largest absolute Gasteiger partial charge is 0.515 e. The topological polar surface area (TPSA) is 27.7 Å². The number of hydrogen-bond donors (Lipinski definition) is 0. The zero-order chi connectivity index (χ0) is 8.70. The first kappa shape index (κ1) is 8.62. The van der Waals surface area contributed by atoms with E-state index >= 15 is 0 Å². The Morgan fingerprint density at radius 2 is 1.73 bits per heavy atom. The maximum atomic E-state index is 11.7. The monoisotopic (exact) mass is 180 g/mol. The Bertz CT molecular complexity index is 154. The van der Waals surface area contributed by atoms with E-state index in [1.54, 1.807) is 0 Å². The van der Waals surface area contributed by atoms with Crippen molar-refractivity contribution in [2.45, 2.75) is 18.8 Å². The molecule has 8 heteroatoms. The van der Waals surface area contributed by atoms with E-state index in [-0.39, 0.29) is 0 Å². The third kappa shape index (κ3) is 1.98. The molecular formula is C3HF5O3. The first-order valence-electron chi connectivity index (χ1n) is 2.28. The smallest absolute Gasteiger partial charge is 0.251 e. The van der Waals surface area contributed by atoms with Gasteiger partial charge in [-0.2, -0.15) is 18.1 Å². The van der Waals surface area contributed by atoms with Crippen LogP contribution in [0.25, 0.3) is 0 Å². The standard InChI is InChI=1S/C3HF5O3/c4-2(5,6)1-9-3(7,8)11-10-1/h1H. The van der Waals surface area contributed by atoms with Crippen LogP contribution < -0.4 is 0 Å². The normalized spacial score (nSPS) is 30.8. The van der Waals surface area contributed by atoms with Gasteiger partial charge in [-0.3, -0.25) is 4.74 Å². The Morgan fingerprint density at radius 3 is 1.91 bits per heavy atom. The minimum Gasteiger partial charge on any atom is -0.251 e. The van der Waals surface area contributed by atoms with Gasteiger partial charge in [0, 0.05) is 0 Å². The van der Waals surface area contributed by atoms with E-state index in [1.807, 2.05) is 0 Å². The van der Waals surface area contributed by atoms with Crippen LogP contribution in [0.5, 0.6) is 0 Å². The van der Waals surface area contributed by atoms with Crippen LogP contribution >= 0.6 is 0 Å². The molecule has 1 rings (SSSR count). The van der Waals surface area contributed by atoms with Crippen LogP contribution in [-0.2, 0) is 14.5 Å². The molecule has 1 aliphatic rings. The average Bonchev–Trinajstić information content (AvgIpc) is 2.07. The summed E-state index contributed by atoms with van der Waals surface area (Å²) in [6.45, 7) is 0. The fourth-order valence-corrected chi connectivity index (χ4v) is 0.385. The van der Waals surface area contributed by atoms with Crippen molar-refractivity contribution in [1.29, 1.82) is 0 Å². The molecule has 0 radical (unpaired) electrons. The number of ether oxygens (including phenoxy) is 1. The lowest BCUT2D eigenvalue weighted by Gasteiger charge is -2.09. The van der Waals surface area contributed by atoms with Gasteiger partial charge in [0.15, 0.2) is 0 Å². The lowest BCUT2D eigenvalue weighted by molar-refractivity contribution is -0.428. The maximum absolute atomic E-state index is 11.7. The zero-order valence-corrected chi connectivity index (χ0v) is 4.69. The molecule has 1 fully saturated rings. The summed E-state index contributed by atoms with van der Waals surface area (Å²) in [6.07, 6.45) is -12.3. The second-order valence-electron chi connectivity index (χ2n) is 1.63. The van der Waals surface area contributed by atoms with Gasteiger partial charge in [0.1, 0.15) is 0 Å². The fraction of sp³-hybridized carbons (Fsp3) is 1.00. The molecule has 1 aliphatic heterocycles. The number of rotatable bonds is 0. The summed E-state index contributed by atoms with van der Waals surface area (Å²) in [5.74, 6) is 0. The lowest BCUT2D eigenvalue weighted by Crippen LogP contribution is -2.31. The van der Waals surface area contributed by atoms with Gasteiger partial charge < -0.3 is 0 Å². The molecule has 0 bridgehead atoms. The third-order valence-electron chi connectivity index (χ3n) is 0.744. The highest BCUT2D eigenvalue weighted by Gasteiger charge is 2.57. The molecule has 0 spiro atoms. The molecular weight excluding hydrogens is 179 g/mol. The molecule has 0 aliphatic carbocycles. The van der Waals surface area contributed by atoms with E-state index in [0.717, 1.165) is 0 Å². The Labute approximate surface area is 56.6 Å². The number of hydrogen-bond acceptors (Lipinski definition) is 3. The van der Waals surface area contributed by atoms with Crippen LogP contribution in [0.2, 0.25) is 0 Å². The zero-order valence-electron chi connectivity index (χ0n) is 4.69. The summed E-state index contributed by atoms with van der Waals surface area (Å²) in [4.78, 5) is 6.04. The molecule has 0 amide bonds. The highest BCUT2D eigenvalue weighted by Crippen LogP contribution is 2.36. The molecule has 3 nitrogen and oxygen atoms in total. The lowest BCUT2D eigenvalue weighted by atomic mass is 10.6. The van der Waals surface area contributed by atoms with Crippen molar-refractivity contribution in [3.8, 4) is 0 Å². The number of halogens is 5. The first-order chi connectivity index (χ1) is 4.81. The van der Waals surface area contributed by atoms with Crippen molar-refractivity contribution in [2.24, 2.45) is 0 Å². The molecule has 11 heavy (non-hydrogen) atoms. The van der Waals surface area contributed by atoms with Crippen LogP contribution in [0.3, 0.4) is 0 Å². The van der Waals surface area contributed by atoms with Gasteiger partial charge in [0.05, 0.1) is 0 Å². The predicted octanol–water partition coefficient (Wildman–Crippen LogP) is 1.40. The Kier molecular flexibility index (Phi) is 1.77. The van der Waals surface area contributed by atoms with Gasteiger partial charge in [0.2, 0.25) is 0 Å². The highest BCUT2D eigenvalue weighted by molar-refractivity contribution is 4.58. The van der Waals surface area contributed by atoms with Crippen molar-refractivity contribution < 1.29 is 36.5 Å². The average molecular weight is 180 g/mol. The molecule has 0 aromatic carbocycles. The van der Waals surface area contributed by atoms with Gasteiger partial charge in [-0.1, -0.05) is 0 Å². The third-order valence-corrected chi connectivity index (χ3v) is 0.744. The molecule has 0 aromatic heterocycles. The van der Waals surface area contributed by atoms with E-state index in [1.165, 1.54) is 0 Å². The van der Waals surface area contributed by atoms with Crippen molar-refractivity contribution in [2.75, 3.05) is 0 Å². The quantitative estimate of drug-likeness (QED) is 0.416. The van der Waals surface area contributed by atoms with Crippen LogP contribution in [-0.4, -0.2) is 18.8 Å². The van der Waals surface area contributed by atoms with Crippen LogP contribution in [0.4, 0.5) is 22.0 Å². The van der Waals surface area contributed by atoms with Gasteiger partial charge in [-0.15, -0.1) is 13.7 Å². The Hall–Kier alpha value is -0.470. The maximum Gasteiger partial charge on any atom is 0.515 e. The molecule has 0 N–H and O–H groups in total. The second kappa shape index (κ2) is 2.26. The molecule has 1 atom stereocenters. The highest BCUT2D eigenvalue weighted by atomic mass is 19.4. The molecule has 1 saturated heterocycles. The van der Waals surface area contributed by atoms with Crippen LogP contribution in [0, 0.1) is 0 Å². The van der Waals surface area contributed by atoms with Crippen molar-refractivity contribution in [1.82, 2.24) is 0 Å². The SMILES string of the molecule is FC1(F)OOC(C(F)(F)F)O1. The molecule has 0 saturated carbocycles. The molecule has 1 unspecified atom stereocenters. The summed E-state index contributed by atoms with van der Waals surface area (Å²) in [5, 5.41) is 0. The minimum absolute atomic E-state index is 2.90. The van der Waals surface area contributed by atoms with E-state index < -0.39 is 18.8 Å². The van der Waals surface area contributed by atoms with E-state index in [2.05, 4.69) is 14.5 Å². The summed E-state index contributed by atoms with van der Waals surface area (Å²) in [5.41, 5.74) is 0. The Balaban J connectivity index is 2.55. The predicted molar refractivity (Wildman–Crippen MR) is 18.0 cm³/mol. The second-order valence-corrected chi connectivity index (χ2v) is 1.63. The molecule has 66 valence electrons. The van der Waals surface area contributed by atoms with E-state index in [9.17, 15) is 22.0 Å². The van der Waals surface area contributed by atoms with E-state index in [4.69, 9.17) is 0 Å². The number of alkyl halides is 5. The van der Waals surface area contributed by atoms with Crippen molar-refractivity contribution in [3.63, 3.8) is 0 Å². The summed E-state index contributed by atoms with van der Waals surface area (Å²) in [7, 11) is 0. The fourth-order valence-electron chi connectivity index (χ4n) is 0.385. The van der Waals surface area contributed by atoms with Crippen molar-refractivity contribution >= 4 is 0 Å². The van der Waals surface area contributed by atoms with Crippen LogP contribution in [0.1, 0.15) is 0 Å². The van der Waals surface area contributed by atoms with Gasteiger partial charge in [-0.05, 0) is 0 Å². The first-order valence-corrected chi connectivity index (χ1v) is 2.28. The van der Waals surface area contributed by atoms with Gasteiger partial charge >= 0.3 is 12.5 Å². The van der Waals surface area contributed by atoms with Gasteiger partial charge in [-0.25, -0.2) is 0 Å². The minimum atomic E-state index is -5.01. The summed E-state index contributed by atoms with van der Waals surface area (Å²) >= 11 is 0. The van der Waals surface area contributed by atoms with Crippen molar-refractivity contribution in [3.05, 3.63) is 0 Å². The summed E-state index contributed by atoms with van der Waals surface area (Å²) in [6, 6.07) is 0. The van der Waals surface area contributed by atoms with Crippen LogP contribution in [0.15, 0.2) is 0 Å². The molecule has 0 aromatic rings. The summed E-state index contributed by atoms with van der Waals surface area (Å²) < 4.78 is 60.6. The molecule has 1 heterocycles.